The molecule has 0 radical (unpaired) electrons. The molecule has 0 aliphatic carbocycles. The van der Waals surface area contributed by atoms with Gasteiger partial charge in [-0.15, -0.1) is 0 Å². The maximum Gasteiger partial charge on any atom is 0.226 e. The van der Waals surface area contributed by atoms with Gasteiger partial charge in [0.1, 0.15) is 17.6 Å². The number of ether oxygens (including phenoxy) is 1. The predicted octanol–water partition coefficient (Wildman–Crippen LogP) is 4.04. The molecule has 25 heavy (non-hydrogen) atoms. The van der Waals surface area contributed by atoms with Crippen LogP contribution in [0.15, 0.2) is 60.7 Å². The van der Waals surface area contributed by atoms with Crippen LogP contribution < -0.4 is 10.1 Å². The molecule has 1 aliphatic heterocycles. The second-order valence-corrected chi connectivity index (χ2v) is 5.95. The zero-order chi connectivity index (χ0) is 17.2. The van der Waals surface area contributed by atoms with Crippen LogP contribution in [-0.2, 0) is 0 Å². The number of nitrogens with one attached hydrogen (secondary N) is 1. The molecule has 0 spiro atoms. The highest BCUT2D eigenvalue weighted by Gasteiger charge is 2.24. The summed E-state index contributed by atoms with van der Waals surface area (Å²) >= 11 is 0. The topological polar surface area (TPSA) is 52.0 Å². The van der Waals surface area contributed by atoms with E-state index in [-0.39, 0.29) is 6.04 Å². The molecular formula is C20H20N4O. The molecule has 0 saturated carbocycles. The summed E-state index contributed by atoms with van der Waals surface area (Å²) in [5.41, 5.74) is 3.31. The summed E-state index contributed by atoms with van der Waals surface area (Å²) in [5.74, 6) is 2.39. The van der Waals surface area contributed by atoms with E-state index in [1.54, 1.807) is 0 Å². The molecule has 2 heterocycles. The SMILES string of the molecule is CCOc1ccc(C2C=C(c3ccccc3)Nc3nc(C)nn32)cc1. The maximum absolute atomic E-state index is 5.55. The monoisotopic (exact) mass is 332 g/mol. The molecule has 1 unspecified atom stereocenters. The van der Waals surface area contributed by atoms with Crippen molar-refractivity contribution in [3.63, 3.8) is 0 Å². The third-order valence-corrected chi connectivity index (χ3v) is 4.19. The summed E-state index contributed by atoms with van der Waals surface area (Å²) in [6, 6.07) is 18.4. The highest BCUT2D eigenvalue weighted by molar-refractivity contribution is 5.77. The van der Waals surface area contributed by atoms with Crippen LogP contribution >= 0.6 is 0 Å². The van der Waals surface area contributed by atoms with Crippen molar-refractivity contribution in [2.75, 3.05) is 11.9 Å². The first-order chi connectivity index (χ1) is 12.2. The average Bonchev–Trinajstić information content (AvgIpc) is 3.03. The fraction of sp³-hybridized carbons (Fsp3) is 0.200. The fourth-order valence-electron chi connectivity index (χ4n) is 3.05. The van der Waals surface area contributed by atoms with Gasteiger partial charge in [-0.1, -0.05) is 42.5 Å². The lowest BCUT2D eigenvalue weighted by molar-refractivity contribution is 0.340. The highest BCUT2D eigenvalue weighted by atomic mass is 16.5. The number of anilines is 1. The van der Waals surface area contributed by atoms with E-state index in [4.69, 9.17) is 4.74 Å². The molecule has 0 saturated heterocycles. The van der Waals surface area contributed by atoms with Gasteiger partial charge in [0, 0.05) is 5.70 Å². The molecule has 1 aliphatic rings. The molecule has 5 nitrogen and oxygen atoms in total. The van der Waals surface area contributed by atoms with Gasteiger partial charge in [0.2, 0.25) is 5.95 Å². The van der Waals surface area contributed by atoms with Crippen molar-refractivity contribution in [1.82, 2.24) is 14.8 Å². The Morgan fingerprint density at radius 3 is 2.56 bits per heavy atom. The summed E-state index contributed by atoms with van der Waals surface area (Å²) in [6.45, 7) is 4.56. The third kappa shape index (κ3) is 3.01. The van der Waals surface area contributed by atoms with E-state index in [1.807, 2.05) is 48.9 Å². The van der Waals surface area contributed by atoms with Crippen LogP contribution in [0.2, 0.25) is 0 Å². The van der Waals surface area contributed by atoms with E-state index < -0.39 is 0 Å². The second-order valence-electron chi connectivity index (χ2n) is 5.95. The van der Waals surface area contributed by atoms with Crippen LogP contribution in [0.1, 0.15) is 29.9 Å². The summed E-state index contributed by atoms with van der Waals surface area (Å²) in [4.78, 5) is 4.52. The number of aromatic nitrogens is 3. The molecule has 1 atom stereocenters. The number of hydrogen-bond donors (Lipinski definition) is 1. The summed E-state index contributed by atoms with van der Waals surface area (Å²) < 4.78 is 7.48. The zero-order valence-electron chi connectivity index (χ0n) is 14.3. The van der Waals surface area contributed by atoms with Crippen molar-refractivity contribution in [3.8, 4) is 5.75 Å². The molecule has 1 N–H and O–H groups in total. The van der Waals surface area contributed by atoms with Gasteiger partial charge in [0.25, 0.3) is 0 Å². The van der Waals surface area contributed by atoms with Gasteiger partial charge in [0.05, 0.1) is 6.61 Å². The Labute approximate surface area is 147 Å². The Kier molecular flexibility index (Phi) is 3.98. The van der Waals surface area contributed by atoms with E-state index in [1.165, 1.54) is 0 Å². The molecule has 126 valence electrons. The molecule has 4 rings (SSSR count). The van der Waals surface area contributed by atoms with Crippen molar-refractivity contribution in [2.45, 2.75) is 19.9 Å². The predicted molar refractivity (Wildman–Crippen MR) is 98.6 cm³/mol. The summed E-state index contributed by atoms with van der Waals surface area (Å²) in [5, 5.41) is 7.95. The standard InChI is InChI=1S/C20H20N4O/c1-3-25-17-11-9-16(10-12-17)19-13-18(15-7-5-4-6-8-15)22-20-21-14(2)23-24(19)20/h4-13,19H,3H2,1-2H3,(H,21,22,23). The van der Waals surface area contributed by atoms with Crippen LogP contribution in [-0.4, -0.2) is 21.4 Å². The van der Waals surface area contributed by atoms with Crippen LogP contribution in [0.3, 0.4) is 0 Å². The molecule has 5 heteroatoms. The number of hydrogen-bond acceptors (Lipinski definition) is 4. The number of aryl methyl sites for hydroxylation is 1. The number of allylic oxidation sites excluding steroid dienone is 1. The quantitative estimate of drug-likeness (QED) is 0.783. The van der Waals surface area contributed by atoms with Crippen molar-refractivity contribution >= 4 is 11.6 Å². The smallest absolute Gasteiger partial charge is 0.226 e. The van der Waals surface area contributed by atoms with Gasteiger partial charge >= 0.3 is 0 Å². The van der Waals surface area contributed by atoms with E-state index in [0.29, 0.717) is 6.61 Å². The maximum atomic E-state index is 5.55. The minimum Gasteiger partial charge on any atom is -0.494 e. The van der Waals surface area contributed by atoms with Crippen LogP contribution in [0, 0.1) is 6.92 Å². The number of benzene rings is 2. The molecule has 0 bridgehead atoms. The first-order valence-electron chi connectivity index (χ1n) is 8.45. The van der Waals surface area contributed by atoms with E-state index >= 15 is 0 Å². The molecule has 2 aromatic carbocycles. The average molecular weight is 332 g/mol. The Bertz CT molecular complexity index is 897. The molecule has 0 fully saturated rings. The highest BCUT2D eigenvalue weighted by Crippen LogP contribution is 2.32. The Morgan fingerprint density at radius 1 is 1.08 bits per heavy atom. The van der Waals surface area contributed by atoms with Crippen molar-refractivity contribution in [1.29, 1.82) is 0 Å². The Balaban J connectivity index is 1.76. The number of nitrogens with zero attached hydrogens (tertiary/aromatic N) is 3. The Morgan fingerprint density at radius 2 is 1.84 bits per heavy atom. The van der Waals surface area contributed by atoms with E-state index in [0.717, 1.165) is 34.3 Å². The van der Waals surface area contributed by atoms with Gasteiger partial charge in [-0.2, -0.15) is 10.1 Å². The number of fused-ring (bicyclic) bond motifs is 1. The first kappa shape index (κ1) is 15.4. The van der Waals surface area contributed by atoms with Gasteiger partial charge in [-0.3, -0.25) is 0 Å². The van der Waals surface area contributed by atoms with Crippen molar-refractivity contribution in [2.24, 2.45) is 0 Å². The van der Waals surface area contributed by atoms with Crippen LogP contribution in [0.5, 0.6) is 5.75 Å². The molecular weight excluding hydrogens is 312 g/mol. The lowest BCUT2D eigenvalue weighted by Crippen LogP contribution is -2.20. The van der Waals surface area contributed by atoms with E-state index in [9.17, 15) is 0 Å². The zero-order valence-corrected chi connectivity index (χ0v) is 14.3. The lowest BCUT2D eigenvalue weighted by atomic mass is 10.0. The summed E-state index contributed by atoms with van der Waals surface area (Å²) in [6.07, 6.45) is 2.19. The largest absolute Gasteiger partial charge is 0.494 e. The molecule has 0 amide bonds. The van der Waals surface area contributed by atoms with Crippen molar-refractivity contribution < 1.29 is 4.74 Å². The molecule has 1 aromatic heterocycles. The lowest BCUT2D eigenvalue weighted by Gasteiger charge is -2.24. The minimum absolute atomic E-state index is 0.0108. The van der Waals surface area contributed by atoms with Gasteiger partial charge in [-0.25, -0.2) is 4.68 Å². The normalized spacial score (nSPS) is 15.9. The fourth-order valence-corrected chi connectivity index (χ4v) is 3.05. The van der Waals surface area contributed by atoms with E-state index in [2.05, 4.69) is 45.7 Å². The third-order valence-electron chi connectivity index (χ3n) is 4.19. The Hall–Kier alpha value is -3.08. The van der Waals surface area contributed by atoms with Crippen LogP contribution in [0.4, 0.5) is 5.95 Å². The van der Waals surface area contributed by atoms with Crippen LogP contribution in [0.25, 0.3) is 5.70 Å². The molecule has 3 aromatic rings. The van der Waals surface area contributed by atoms with Crippen molar-refractivity contribution in [3.05, 3.63) is 77.6 Å². The van der Waals surface area contributed by atoms with Gasteiger partial charge in [0.15, 0.2) is 0 Å². The summed E-state index contributed by atoms with van der Waals surface area (Å²) in [7, 11) is 0. The first-order valence-corrected chi connectivity index (χ1v) is 8.45. The second kappa shape index (κ2) is 6.43. The van der Waals surface area contributed by atoms with Gasteiger partial charge < -0.3 is 10.1 Å². The van der Waals surface area contributed by atoms with Gasteiger partial charge in [-0.05, 0) is 43.2 Å². The number of rotatable bonds is 4. The minimum atomic E-state index is -0.0108.